The molecule has 23 heavy (non-hydrogen) atoms. The third-order valence-corrected chi connectivity index (χ3v) is 4.51. The van der Waals surface area contributed by atoms with Crippen LogP contribution in [0.2, 0.25) is 0 Å². The second kappa shape index (κ2) is 6.75. The summed E-state index contributed by atoms with van der Waals surface area (Å²) in [5, 5.41) is 3.36. The Labute approximate surface area is 134 Å². The fourth-order valence-corrected chi connectivity index (χ4v) is 3.22. The lowest BCUT2D eigenvalue weighted by Crippen LogP contribution is -2.28. The van der Waals surface area contributed by atoms with Gasteiger partial charge in [-0.3, -0.25) is 0 Å². The van der Waals surface area contributed by atoms with Gasteiger partial charge in [0.2, 0.25) is 0 Å². The first kappa shape index (κ1) is 16.1. The highest BCUT2D eigenvalue weighted by atomic mass is 19.4. The number of hydrogen-bond acceptors (Lipinski definition) is 1. The van der Waals surface area contributed by atoms with Crippen molar-refractivity contribution in [2.45, 2.75) is 25.4 Å². The molecule has 2 aromatic rings. The van der Waals surface area contributed by atoms with Crippen LogP contribution in [0.1, 0.15) is 24.0 Å². The van der Waals surface area contributed by atoms with Crippen LogP contribution < -0.4 is 5.32 Å². The maximum atomic E-state index is 12.7. The van der Waals surface area contributed by atoms with Crippen molar-refractivity contribution in [1.29, 1.82) is 0 Å². The Morgan fingerprint density at radius 2 is 1.57 bits per heavy atom. The molecule has 1 aliphatic rings. The van der Waals surface area contributed by atoms with Gasteiger partial charge in [0.25, 0.3) is 0 Å². The van der Waals surface area contributed by atoms with Crippen molar-refractivity contribution in [1.82, 2.24) is 5.32 Å². The molecule has 1 fully saturated rings. The van der Waals surface area contributed by atoms with Crippen molar-refractivity contribution in [2.24, 2.45) is 5.92 Å². The van der Waals surface area contributed by atoms with Crippen LogP contribution in [0.4, 0.5) is 13.2 Å². The van der Waals surface area contributed by atoms with E-state index in [0.29, 0.717) is 5.92 Å². The zero-order chi connectivity index (χ0) is 16.3. The first-order chi connectivity index (χ1) is 11.0. The molecule has 0 aliphatic carbocycles. The number of piperidine rings is 1. The number of rotatable bonds is 3. The van der Waals surface area contributed by atoms with Crippen molar-refractivity contribution < 1.29 is 13.2 Å². The number of benzene rings is 2. The van der Waals surface area contributed by atoms with Crippen molar-refractivity contribution in [3.63, 3.8) is 0 Å². The molecular weight excluding hydrogens is 299 g/mol. The normalized spacial score (nSPS) is 16.5. The number of alkyl halides is 3. The predicted molar refractivity (Wildman–Crippen MR) is 86.2 cm³/mol. The van der Waals surface area contributed by atoms with Gasteiger partial charge in [-0.1, -0.05) is 36.4 Å². The lowest BCUT2D eigenvalue weighted by atomic mass is 9.87. The van der Waals surface area contributed by atoms with E-state index in [9.17, 15) is 13.2 Å². The van der Waals surface area contributed by atoms with Crippen LogP contribution in [0.25, 0.3) is 11.1 Å². The molecule has 0 atom stereocenters. The largest absolute Gasteiger partial charge is 0.416 e. The summed E-state index contributed by atoms with van der Waals surface area (Å²) >= 11 is 0. The van der Waals surface area contributed by atoms with Gasteiger partial charge >= 0.3 is 6.18 Å². The molecule has 3 rings (SSSR count). The summed E-state index contributed by atoms with van der Waals surface area (Å²) in [5.41, 5.74) is 2.51. The minimum absolute atomic E-state index is 0.600. The van der Waals surface area contributed by atoms with Crippen LogP contribution in [0, 0.1) is 5.92 Å². The Bertz CT molecular complexity index is 640. The molecule has 1 N–H and O–H groups in total. The van der Waals surface area contributed by atoms with Gasteiger partial charge < -0.3 is 5.32 Å². The molecule has 0 amide bonds. The van der Waals surface area contributed by atoms with E-state index in [1.807, 2.05) is 18.2 Å². The van der Waals surface area contributed by atoms with Crippen LogP contribution in [0.3, 0.4) is 0 Å². The van der Waals surface area contributed by atoms with E-state index < -0.39 is 11.7 Å². The third-order valence-electron chi connectivity index (χ3n) is 4.51. The Morgan fingerprint density at radius 1 is 0.913 bits per heavy atom. The zero-order valence-electron chi connectivity index (χ0n) is 12.9. The third kappa shape index (κ3) is 3.94. The standard InChI is InChI=1S/C19H20F3N/c20-19(21,22)17-7-5-15(6-8-17)18-4-2-1-3-16(18)13-14-9-11-23-12-10-14/h1-8,14,23H,9-13H2. The predicted octanol–water partition coefficient (Wildman–Crippen LogP) is 4.91. The Hall–Kier alpha value is -1.81. The van der Waals surface area contributed by atoms with E-state index in [1.54, 1.807) is 12.1 Å². The summed E-state index contributed by atoms with van der Waals surface area (Å²) in [5.74, 6) is 0.645. The van der Waals surface area contributed by atoms with Gasteiger partial charge in [-0.25, -0.2) is 0 Å². The Kier molecular flexibility index (Phi) is 4.71. The maximum absolute atomic E-state index is 12.7. The van der Waals surface area contributed by atoms with Crippen molar-refractivity contribution in [3.05, 3.63) is 59.7 Å². The average Bonchev–Trinajstić information content (AvgIpc) is 2.56. The van der Waals surface area contributed by atoms with Crippen LogP contribution >= 0.6 is 0 Å². The van der Waals surface area contributed by atoms with Crippen molar-refractivity contribution >= 4 is 0 Å². The second-order valence-corrected chi connectivity index (χ2v) is 6.13. The second-order valence-electron chi connectivity index (χ2n) is 6.13. The molecule has 0 bridgehead atoms. The lowest BCUT2D eigenvalue weighted by Gasteiger charge is -2.23. The number of hydrogen-bond donors (Lipinski definition) is 1. The van der Waals surface area contributed by atoms with Gasteiger partial charge in [0, 0.05) is 0 Å². The van der Waals surface area contributed by atoms with Crippen LogP contribution in [-0.4, -0.2) is 13.1 Å². The van der Waals surface area contributed by atoms with Gasteiger partial charge in [0.1, 0.15) is 0 Å². The molecule has 0 radical (unpaired) electrons. The van der Waals surface area contributed by atoms with Gasteiger partial charge in [-0.2, -0.15) is 13.2 Å². The highest BCUT2D eigenvalue weighted by molar-refractivity contribution is 5.67. The average molecular weight is 319 g/mol. The summed E-state index contributed by atoms with van der Waals surface area (Å²) in [7, 11) is 0. The minimum Gasteiger partial charge on any atom is -0.317 e. The monoisotopic (exact) mass is 319 g/mol. The molecule has 0 spiro atoms. The molecule has 1 heterocycles. The number of nitrogens with one attached hydrogen (secondary N) is 1. The molecule has 1 saturated heterocycles. The van der Waals surface area contributed by atoms with Gasteiger partial charge in [-0.05, 0) is 67.1 Å². The molecule has 122 valence electrons. The van der Waals surface area contributed by atoms with Crippen molar-refractivity contribution in [3.8, 4) is 11.1 Å². The van der Waals surface area contributed by atoms with E-state index in [0.717, 1.165) is 55.6 Å². The smallest absolute Gasteiger partial charge is 0.317 e. The SMILES string of the molecule is FC(F)(F)c1ccc(-c2ccccc2CC2CCNCC2)cc1. The number of halogens is 3. The molecule has 1 nitrogen and oxygen atoms in total. The molecule has 0 saturated carbocycles. The zero-order valence-corrected chi connectivity index (χ0v) is 12.9. The molecular formula is C19H20F3N. The molecule has 0 unspecified atom stereocenters. The van der Waals surface area contributed by atoms with E-state index >= 15 is 0 Å². The summed E-state index contributed by atoms with van der Waals surface area (Å²) in [6.07, 6.45) is -0.991. The molecule has 1 aliphatic heterocycles. The summed E-state index contributed by atoms with van der Waals surface area (Å²) < 4.78 is 38.1. The van der Waals surface area contributed by atoms with Crippen LogP contribution in [-0.2, 0) is 12.6 Å². The highest BCUT2D eigenvalue weighted by Gasteiger charge is 2.30. The first-order valence-electron chi connectivity index (χ1n) is 8.00. The molecule has 4 heteroatoms. The van der Waals surface area contributed by atoms with E-state index in [4.69, 9.17) is 0 Å². The minimum atomic E-state index is -4.28. The fraction of sp³-hybridized carbons (Fsp3) is 0.368. The quantitative estimate of drug-likeness (QED) is 0.847. The van der Waals surface area contributed by atoms with Gasteiger partial charge in [0.15, 0.2) is 0 Å². The van der Waals surface area contributed by atoms with E-state index in [2.05, 4.69) is 11.4 Å². The first-order valence-corrected chi connectivity index (χ1v) is 8.00. The molecule has 2 aromatic carbocycles. The molecule has 0 aromatic heterocycles. The van der Waals surface area contributed by atoms with Crippen LogP contribution in [0.5, 0.6) is 0 Å². The topological polar surface area (TPSA) is 12.0 Å². The summed E-state index contributed by atoms with van der Waals surface area (Å²) in [6.45, 7) is 2.10. The Morgan fingerprint density at radius 3 is 2.22 bits per heavy atom. The van der Waals surface area contributed by atoms with Gasteiger partial charge in [-0.15, -0.1) is 0 Å². The maximum Gasteiger partial charge on any atom is 0.416 e. The van der Waals surface area contributed by atoms with Crippen molar-refractivity contribution in [2.75, 3.05) is 13.1 Å². The summed E-state index contributed by atoms with van der Waals surface area (Å²) in [6, 6.07) is 13.5. The summed E-state index contributed by atoms with van der Waals surface area (Å²) in [4.78, 5) is 0. The lowest BCUT2D eigenvalue weighted by molar-refractivity contribution is -0.137. The fourth-order valence-electron chi connectivity index (χ4n) is 3.22. The van der Waals surface area contributed by atoms with E-state index in [-0.39, 0.29) is 0 Å². The highest BCUT2D eigenvalue weighted by Crippen LogP contribution is 2.32. The van der Waals surface area contributed by atoms with Gasteiger partial charge in [0.05, 0.1) is 5.56 Å². The van der Waals surface area contributed by atoms with E-state index in [1.165, 1.54) is 5.56 Å². The Balaban J connectivity index is 1.84. The van der Waals surface area contributed by atoms with Crippen LogP contribution in [0.15, 0.2) is 48.5 Å².